The van der Waals surface area contributed by atoms with Gasteiger partial charge in [0.15, 0.2) is 0 Å². The smallest absolute Gasteiger partial charge is 0.118 e. The van der Waals surface area contributed by atoms with Crippen molar-refractivity contribution < 1.29 is 0 Å². The summed E-state index contributed by atoms with van der Waals surface area (Å²) in [6.07, 6.45) is 2.22. The van der Waals surface area contributed by atoms with E-state index < -0.39 is 0 Å². The van der Waals surface area contributed by atoms with E-state index in [0.717, 1.165) is 30.4 Å². The van der Waals surface area contributed by atoms with Gasteiger partial charge in [0.1, 0.15) is 11.8 Å². The van der Waals surface area contributed by atoms with Gasteiger partial charge in [-0.1, -0.05) is 36.4 Å². The minimum absolute atomic E-state index is 0.147. The number of likely N-dealkylation sites (N-methyl/N-ethyl adjacent to an activating group) is 1. The number of hydrogen-bond acceptors (Lipinski definition) is 2. The Bertz CT molecular complexity index is 904. The summed E-state index contributed by atoms with van der Waals surface area (Å²) >= 11 is 0. The quantitative estimate of drug-likeness (QED) is 0.797. The van der Waals surface area contributed by atoms with Crippen LogP contribution in [0.1, 0.15) is 23.2 Å². The number of nitriles is 1. The van der Waals surface area contributed by atoms with E-state index in [4.69, 9.17) is 5.26 Å². The highest BCUT2D eigenvalue weighted by molar-refractivity contribution is 5.82. The van der Waals surface area contributed by atoms with Gasteiger partial charge in [0.05, 0.1) is 0 Å². The van der Waals surface area contributed by atoms with Gasteiger partial charge in [-0.05, 0) is 55.8 Å². The largest absolute Gasteiger partial charge is 0.346 e. The van der Waals surface area contributed by atoms with Gasteiger partial charge in [-0.2, -0.15) is 5.26 Å². The lowest BCUT2D eigenvalue weighted by atomic mass is 9.74. The molecule has 0 spiro atoms. The van der Waals surface area contributed by atoms with E-state index >= 15 is 0 Å². The lowest BCUT2D eigenvalue weighted by Gasteiger charge is -2.30. The first-order valence-corrected chi connectivity index (χ1v) is 8.44. The number of benzene rings is 2. The number of fused-ring (bicyclic) bond motifs is 1. The monoisotopic (exact) mass is 315 g/mol. The Hall–Kier alpha value is -2.57. The van der Waals surface area contributed by atoms with Crippen LogP contribution in [-0.4, -0.2) is 30.0 Å². The molecule has 1 N–H and O–H groups in total. The number of nitrogens with one attached hydrogen (secondary N) is 1. The first-order chi connectivity index (χ1) is 11.7. The summed E-state index contributed by atoms with van der Waals surface area (Å²) in [6, 6.07) is 21.6. The van der Waals surface area contributed by atoms with Gasteiger partial charge in [0.2, 0.25) is 0 Å². The lowest BCUT2D eigenvalue weighted by Crippen LogP contribution is -2.32. The molecule has 2 heterocycles. The highest BCUT2D eigenvalue weighted by atomic mass is 15.1. The fourth-order valence-electron chi connectivity index (χ4n) is 4.07. The van der Waals surface area contributed by atoms with Gasteiger partial charge in [-0.3, -0.25) is 0 Å². The first-order valence-electron chi connectivity index (χ1n) is 8.44. The summed E-state index contributed by atoms with van der Waals surface area (Å²) in [6.45, 7) is 2.20. The molecule has 0 bridgehead atoms. The summed E-state index contributed by atoms with van der Waals surface area (Å²) in [4.78, 5) is 5.58. The Labute approximate surface area is 142 Å². The molecule has 1 aromatic heterocycles. The zero-order valence-electron chi connectivity index (χ0n) is 13.9. The third-order valence-electron chi connectivity index (χ3n) is 5.28. The molecule has 0 amide bonds. The van der Waals surface area contributed by atoms with E-state index in [1.165, 1.54) is 17.5 Å². The van der Waals surface area contributed by atoms with Crippen molar-refractivity contribution >= 4 is 10.9 Å². The maximum atomic E-state index is 9.11. The maximum Gasteiger partial charge on any atom is 0.118 e. The van der Waals surface area contributed by atoms with E-state index in [9.17, 15) is 0 Å². The summed E-state index contributed by atoms with van der Waals surface area (Å²) in [5.74, 6) is 0. The predicted molar refractivity (Wildman–Crippen MR) is 97.0 cm³/mol. The molecule has 2 aromatic carbocycles. The number of hydrogen-bond donors (Lipinski definition) is 1. The number of nitrogens with zero attached hydrogens (tertiary/aromatic N) is 2. The normalized spacial score (nSPS) is 21.2. The van der Waals surface area contributed by atoms with E-state index in [1.54, 1.807) is 0 Å². The standard InChI is InChI=1S/C21H21N3/c1-24-10-9-21(15-24,13-16-5-3-2-4-6-16)18-7-8-20-17(11-18)12-19(14-22)23-20/h2-8,11-12,23H,9-10,13,15H2,1H3. The number of rotatable bonds is 3. The number of aromatic nitrogens is 1. The van der Waals surface area contributed by atoms with Gasteiger partial charge in [-0.25, -0.2) is 0 Å². The molecule has 1 aliphatic heterocycles. The second kappa shape index (κ2) is 5.81. The molecular formula is C21H21N3. The summed E-state index contributed by atoms with van der Waals surface area (Å²) < 4.78 is 0. The third kappa shape index (κ3) is 2.60. The van der Waals surface area contributed by atoms with Crippen LogP contribution in [0.15, 0.2) is 54.6 Å². The highest BCUT2D eigenvalue weighted by Gasteiger charge is 2.38. The third-order valence-corrected chi connectivity index (χ3v) is 5.28. The van der Waals surface area contributed by atoms with Crippen LogP contribution in [0.2, 0.25) is 0 Å². The second-order valence-electron chi connectivity index (χ2n) is 7.03. The molecule has 1 atom stereocenters. The zero-order valence-corrected chi connectivity index (χ0v) is 13.9. The molecule has 24 heavy (non-hydrogen) atoms. The Balaban J connectivity index is 1.77. The van der Waals surface area contributed by atoms with Crippen LogP contribution in [0.3, 0.4) is 0 Å². The molecule has 1 aliphatic rings. The Kier molecular flexibility index (Phi) is 3.63. The van der Waals surface area contributed by atoms with Crippen LogP contribution in [0.5, 0.6) is 0 Å². The predicted octanol–water partition coefficient (Wildman–Crippen LogP) is 3.86. The van der Waals surface area contributed by atoms with Crippen molar-refractivity contribution in [2.45, 2.75) is 18.3 Å². The van der Waals surface area contributed by atoms with E-state index in [1.807, 2.05) is 6.07 Å². The van der Waals surface area contributed by atoms with Crippen LogP contribution in [-0.2, 0) is 11.8 Å². The van der Waals surface area contributed by atoms with E-state index in [0.29, 0.717) is 5.69 Å². The van der Waals surface area contributed by atoms with Crippen molar-refractivity contribution in [2.24, 2.45) is 0 Å². The Morgan fingerprint density at radius 3 is 2.71 bits per heavy atom. The number of likely N-dealkylation sites (tertiary alicyclic amines) is 1. The van der Waals surface area contributed by atoms with Crippen molar-refractivity contribution in [1.29, 1.82) is 5.26 Å². The summed E-state index contributed by atoms with van der Waals surface area (Å²) in [7, 11) is 2.20. The minimum Gasteiger partial charge on any atom is -0.346 e. The van der Waals surface area contributed by atoms with Crippen molar-refractivity contribution in [2.75, 3.05) is 20.1 Å². The van der Waals surface area contributed by atoms with Crippen molar-refractivity contribution in [1.82, 2.24) is 9.88 Å². The molecule has 3 nitrogen and oxygen atoms in total. The molecule has 0 radical (unpaired) electrons. The lowest BCUT2D eigenvalue weighted by molar-refractivity contribution is 0.366. The van der Waals surface area contributed by atoms with E-state index in [-0.39, 0.29) is 5.41 Å². The van der Waals surface area contributed by atoms with Crippen LogP contribution >= 0.6 is 0 Å². The van der Waals surface area contributed by atoms with Crippen LogP contribution in [0.4, 0.5) is 0 Å². The Morgan fingerprint density at radius 2 is 2.00 bits per heavy atom. The zero-order chi connectivity index (χ0) is 16.6. The van der Waals surface area contributed by atoms with Gasteiger partial charge in [-0.15, -0.1) is 0 Å². The van der Waals surface area contributed by atoms with Crippen molar-refractivity contribution in [3.63, 3.8) is 0 Å². The van der Waals surface area contributed by atoms with Gasteiger partial charge < -0.3 is 9.88 Å². The molecule has 0 aliphatic carbocycles. The first kappa shape index (κ1) is 15.0. The number of aromatic amines is 1. The molecule has 120 valence electrons. The molecule has 1 saturated heterocycles. The van der Waals surface area contributed by atoms with E-state index in [2.05, 4.69) is 71.5 Å². The van der Waals surface area contributed by atoms with Crippen LogP contribution in [0, 0.1) is 11.3 Å². The second-order valence-corrected chi connectivity index (χ2v) is 7.03. The van der Waals surface area contributed by atoms with Crippen molar-refractivity contribution in [3.05, 3.63) is 71.4 Å². The van der Waals surface area contributed by atoms with Gasteiger partial charge in [0.25, 0.3) is 0 Å². The Morgan fingerprint density at radius 1 is 1.17 bits per heavy atom. The van der Waals surface area contributed by atoms with Crippen molar-refractivity contribution in [3.8, 4) is 6.07 Å². The fourth-order valence-corrected chi connectivity index (χ4v) is 4.07. The molecule has 4 rings (SSSR count). The average Bonchev–Trinajstić information content (AvgIpc) is 3.19. The molecule has 1 fully saturated rings. The SMILES string of the molecule is CN1CCC(Cc2ccccc2)(c2ccc3[nH]c(C#N)cc3c2)C1. The molecule has 3 heteroatoms. The van der Waals surface area contributed by atoms with Gasteiger partial charge in [0, 0.05) is 22.9 Å². The summed E-state index contributed by atoms with van der Waals surface area (Å²) in [5.41, 5.74) is 4.58. The minimum atomic E-state index is 0.147. The number of H-pyrrole nitrogens is 1. The molecule has 1 unspecified atom stereocenters. The topological polar surface area (TPSA) is 42.8 Å². The highest BCUT2D eigenvalue weighted by Crippen LogP contribution is 2.38. The van der Waals surface area contributed by atoms with Crippen LogP contribution in [0.25, 0.3) is 10.9 Å². The molecular weight excluding hydrogens is 294 g/mol. The maximum absolute atomic E-state index is 9.11. The molecule has 3 aromatic rings. The van der Waals surface area contributed by atoms with Crippen LogP contribution < -0.4 is 0 Å². The molecule has 0 saturated carbocycles. The fraction of sp³-hybridized carbons (Fsp3) is 0.286. The van der Waals surface area contributed by atoms with Gasteiger partial charge >= 0.3 is 0 Å². The average molecular weight is 315 g/mol. The summed E-state index contributed by atoms with van der Waals surface area (Å²) in [5, 5.41) is 10.2.